The molecule has 0 bridgehead atoms. The summed E-state index contributed by atoms with van der Waals surface area (Å²) in [6.45, 7) is 3.26. The molecule has 0 radical (unpaired) electrons. The minimum atomic E-state index is -4.81. The molecule has 0 saturated carbocycles. The van der Waals surface area contributed by atoms with E-state index in [9.17, 15) is 31.2 Å². The van der Waals surface area contributed by atoms with Crippen LogP contribution < -0.4 is 5.32 Å². The van der Waals surface area contributed by atoms with Gasteiger partial charge in [-0.05, 0) is 63.0 Å². The highest BCUT2D eigenvalue weighted by atomic mass is 32.2. The summed E-state index contributed by atoms with van der Waals surface area (Å²) in [6.07, 6.45) is -2.10. The summed E-state index contributed by atoms with van der Waals surface area (Å²) in [5.74, 6) is -1.75. The molecular weight excluding hydrogens is 473 g/mol. The zero-order valence-corrected chi connectivity index (χ0v) is 19.5. The molecule has 0 aliphatic carbocycles. The molecule has 0 spiro atoms. The van der Waals surface area contributed by atoms with Crippen LogP contribution in [-0.4, -0.2) is 98.2 Å². The second kappa shape index (κ2) is 9.82. The SMILES string of the molecule is O=CNc1ccc(S(=O)(=O)C2CCN(C3CN(C4CCN(C(=O)C(F)(F)F)CC4)C3)CC2)cc1. The minimum Gasteiger partial charge on any atom is -0.335 e. The molecule has 12 heteroatoms. The van der Waals surface area contributed by atoms with Crippen molar-refractivity contribution >= 4 is 27.8 Å². The molecular formula is C22H29F3N4O4S. The van der Waals surface area contributed by atoms with Gasteiger partial charge in [0.05, 0.1) is 10.1 Å². The fourth-order valence-electron chi connectivity index (χ4n) is 5.18. The lowest BCUT2D eigenvalue weighted by Gasteiger charge is -2.51. The number of carbonyl (C=O) groups excluding carboxylic acids is 2. The first kappa shape index (κ1) is 24.9. The van der Waals surface area contributed by atoms with Gasteiger partial charge >= 0.3 is 12.1 Å². The molecule has 3 heterocycles. The molecule has 8 nitrogen and oxygen atoms in total. The van der Waals surface area contributed by atoms with E-state index in [1.807, 2.05) is 0 Å². The molecule has 0 aromatic heterocycles. The van der Waals surface area contributed by atoms with E-state index in [0.717, 1.165) is 18.0 Å². The third-order valence-corrected chi connectivity index (χ3v) is 9.52. The Balaban J connectivity index is 1.22. The molecule has 4 rings (SSSR count). The second-order valence-corrected chi connectivity index (χ2v) is 11.4. The van der Waals surface area contributed by atoms with Gasteiger partial charge in [0.25, 0.3) is 0 Å². The maximum atomic E-state index is 13.0. The van der Waals surface area contributed by atoms with E-state index in [1.54, 1.807) is 12.1 Å². The first-order valence-corrected chi connectivity index (χ1v) is 13.0. The summed E-state index contributed by atoms with van der Waals surface area (Å²) in [7, 11) is -3.45. The molecule has 1 aromatic carbocycles. The number of nitrogens with one attached hydrogen (secondary N) is 1. The van der Waals surface area contributed by atoms with E-state index in [0.29, 0.717) is 56.9 Å². The maximum absolute atomic E-state index is 13.0. The summed E-state index contributed by atoms with van der Waals surface area (Å²) in [5, 5.41) is 2.04. The first-order valence-electron chi connectivity index (χ1n) is 11.5. The molecule has 1 aromatic rings. The van der Waals surface area contributed by atoms with Gasteiger partial charge in [0.15, 0.2) is 9.84 Å². The number of carbonyl (C=O) groups is 2. The largest absolute Gasteiger partial charge is 0.471 e. The number of hydrogen-bond donors (Lipinski definition) is 1. The van der Waals surface area contributed by atoms with Gasteiger partial charge in [-0.1, -0.05) is 0 Å². The van der Waals surface area contributed by atoms with Gasteiger partial charge in [-0.3, -0.25) is 19.4 Å². The lowest BCUT2D eigenvalue weighted by molar-refractivity contribution is -0.187. The van der Waals surface area contributed by atoms with Gasteiger partial charge in [-0.2, -0.15) is 13.2 Å². The topological polar surface area (TPSA) is 90.0 Å². The van der Waals surface area contributed by atoms with Crippen LogP contribution in [0, 0.1) is 0 Å². The Labute approximate surface area is 197 Å². The van der Waals surface area contributed by atoms with Crippen molar-refractivity contribution in [3.05, 3.63) is 24.3 Å². The highest BCUT2D eigenvalue weighted by Crippen LogP contribution is 2.30. The molecule has 3 aliphatic rings. The number of sulfone groups is 1. The number of likely N-dealkylation sites (tertiary alicyclic amines) is 3. The molecule has 0 unspecified atom stereocenters. The number of amides is 2. The highest BCUT2D eigenvalue weighted by Gasteiger charge is 2.45. The molecule has 3 saturated heterocycles. The van der Waals surface area contributed by atoms with Gasteiger partial charge in [-0.25, -0.2) is 8.42 Å². The van der Waals surface area contributed by atoms with Crippen molar-refractivity contribution in [2.24, 2.45) is 0 Å². The quantitative estimate of drug-likeness (QED) is 0.596. The number of alkyl halides is 3. The lowest BCUT2D eigenvalue weighted by atomic mass is 9.95. The standard InChI is InChI=1S/C22H29F3N4O4S/c23-22(24,25)21(31)28-9-5-17(6-10-28)29-13-18(14-29)27-11-7-20(8-12-27)34(32,33)19-3-1-16(2-4-19)26-15-30/h1-4,15,17-18,20H,5-14H2,(H,26,30). The third kappa shape index (κ3) is 5.23. The number of benzene rings is 1. The highest BCUT2D eigenvalue weighted by molar-refractivity contribution is 7.92. The van der Waals surface area contributed by atoms with Crippen LogP contribution >= 0.6 is 0 Å². The number of halogens is 3. The van der Waals surface area contributed by atoms with Gasteiger partial charge in [0, 0.05) is 44.0 Å². The smallest absolute Gasteiger partial charge is 0.335 e. The van der Waals surface area contributed by atoms with E-state index in [4.69, 9.17) is 0 Å². The Morgan fingerprint density at radius 3 is 2.03 bits per heavy atom. The Morgan fingerprint density at radius 2 is 1.50 bits per heavy atom. The van der Waals surface area contributed by atoms with Gasteiger partial charge in [0.2, 0.25) is 6.41 Å². The Bertz CT molecular complexity index is 980. The summed E-state index contributed by atoms with van der Waals surface area (Å²) in [4.78, 5) is 27.6. The van der Waals surface area contributed by atoms with Crippen LogP contribution in [0.2, 0.25) is 0 Å². The number of nitrogens with zero attached hydrogens (tertiary/aromatic N) is 3. The molecule has 3 aliphatic heterocycles. The average molecular weight is 503 g/mol. The van der Waals surface area contributed by atoms with Gasteiger partial charge in [0.1, 0.15) is 0 Å². The molecule has 2 amide bonds. The van der Waals surface area contributed by atoms with Crippen LogP contribution in [0.4, 0.5) is 18.9 Å². The monoisotopic (exact) mass is 502 g/mol. The molecule has 1 N–H and O–H groups in total. The summed E-state index contributed by atoms with van der Waals surface area (Å²) in [6, 6.07) is 6.69. The van der Waals surface area contributed by atoms with Crippen molar-refractivity contribution in [2.45, 2.75) is 54.1 Å². The van der Waals surface area contributed by atoms with Crippen molar-refractivity contribution in [1.82, 2.24) is 14.7 Å². The van der Waals surface area contributed by atoms with Gasteiger partial charge in [-0.15, -0.1) is 0 Å². The molecule has 0 atom stereocenters. The van der Waals surface area contributed by atoms with Crippen LogP contribution in [0.5, 0.6) is 0 Å². The fraction of sp³-hybridized carbons (Fsp3) is 0.636. The van der Waals surface area contributed by atoms with Crippen LogP contribution in [-0.2, 0) is 19.4 Å². The van der Waals surface area contributed by atoms with Crippen molar-refractivity contribution < 1.29 is 31.2 Å². The van der Waals surface area contributed by atoms with Crippen molar-refractivity contribution in [3.8, 4) is 0 Å². The van der Waals surface area contributed by atoms with E-state index in [2.05, 4.69) is 15.1 Å². The number of rotatable bonds is 6. The number of anilines is 1. The summed E-state index contributed by atoms with van der Waals surface area (Å²) in [5.41, 5.74) is 0.538. The van der Waals surface area contributed by atoms with Gasteiger partial charge < -0.3 is 10.2 Å². The van der Waals surface area contributed by atoms with Crippen LogP contribution in [0.15, 0.2) is 29.2 Å². The fourth-order valence-corrected chi connectivity index (χ4v) is 6.91. The average Bonchev–Trinajstić information content (AvgIpc) is 2.78. The Hall–Kier alpha value is -2.18. The van der Waals surface area contributed by atoms with Crippen LogP contribution in [0.1, 0.15) is 25.7 Å². The van der Waals surface area contributed by atoms with Crippen LogP contribution in [0.3, 0.4) is 0 Å². The number of piperidine rings is 2. The predicted molar refractivity (Wildman–Crippen MR) is 119 cm³/mol. The van der Waals surface area contributed by atoms with Crippen molar-refractivity contribution in [3.63, 3.8) is 0 Å². The predicted octanol–water partition coefficient (Wildman–Crippen LogP) is 1.73. The summed E-state index contributed by atoms with van der Waals surface area (Å²) < 4.78 is 63.8. The molecule has 34 heavy (non-hydrogen) atoms. The second-order valence-electron chi connectivity index (χ2n) is 9.20. The van der Waals surface area contributed by atoms with Crippen molar-refractivity contribution in [1.29, 1.82) is 0 Å². The maximum Gasteiger partial charge on any atom is 0.471 e. The van der Waals surface area contributed by atoms with E-state index in [1.165, 1.54) is 12.1 Å². The molecule has 188 valence electrons. The van der Waals surface area contributed by atoms with E-state index < -0.39 is 27.2 Å². The normalized spacial score (nSPS) is 22.4. The van der Waals surface area contributed by atoms with E-state index in [-0.39, 0.29) is 24.0 Å². The zero-order chi connectivity index (χ0) is 24.5. The van der Waals surface area contributed by atoms with Crippen molar-refractivity contribution in [2.75, 3.05) is 44.6 Å². The zero-order valence-electron chi connectivity index (χ0n) is 18.7. The first-order chi connectivity index (χ1) is 16.1. The minimum absolute atomic E-state index is 0.125. The third-order valence-electron chi connectivity index (χ3n) is 7.24. The summed E-state index contributed by atoms with van der Waals surface area (Å²) >= 11 is 0. The number of hydrogen-bond acceptors (Lipinski definition) is 6. The molecule has 3 fully saturated rings. The van der Waals surface area contributed by atoms with E-state index >= 15 is 0 Å². The van der Waals surface area contributed by atoms with Crippen LogP contribution in [0.25, 0.3) is 0 Å². The lowest BCUT2D eigenvalue weighted by Crippen LogP contribution is -2.65. The Morgan fingerprint density at radius 1 is 0.912 bits per heavy atom. The Kier molecular flexibility index (Phi) is 7.20.